The molecule has 2 aromatic carbocycles. The summed E-state index contributed by atoms with van der Waals surface area (Å²) >= 11 is 0. The summed E-state index contributed by atoms with van der Waals surface area (Å²) in [5, 5.41) is 7.08. The van der Waals surface area contributed by atoms with Gasteiger partial charge < -0.3 is 14.8 Å². The molecule has 0 aliphatic rings. The zero-order valence-corrected chi connectivity index (χ0v) is 15.1. The van der Waals surface area contributed by atoms with Crippen LogP contribution in [0.5, 0.6) is 5.75 Å². The average molecular weight is 365 g/mol. The van der Waals surface area contributed by atoms with Crippen LogP contribution in [0.4, 0.5) is 10.1 Å². The fourth-order valence-electron chi connectivity index (χ4n) is 2.67. The molecule has 0 aliphatic heterocycles. The summed E-state index contributed by atoms with van der Waals surface area (Å²) < 4.78 is 19.8. The highest BCUT2D eigenvalue weighted by molar-refractivity contribution is 6.62. The molecule has 1 N–H and O–H groups in total. The molecule has 0 saturated carbocycles. The van der Waals surface area contributed by atoms with Gasteiger partial charge in [0.25, 0.3) is 5.91 Å². The molecule has 3 aromatic rings. The van der Waals surface area contributed by atoms with Gasteiger partial charge in [0.1, 0.15) is 17.2 Å². The van der Waals surface area contributed by atoms with Gasteiger partial charge in [0.2, 0.25) is 0 Å². The van der Waals surface area contributed by atoms with Crippen LogP contribution in [0, 0.1) is 12.7 Å². The maximum absolute atomic E-state index is 13.1. The van der Waals surface area contributed by atoms with Crippen molar-refractivity contribution in [3.05, 3.63) is 71.3 Å². The molecule has 0 radical (unpaired) electrons. The lowest BCUT2D eigenvalue weighted by atomic mass is 9.94. The van der Waals surface area contributed by atoms with Crippen LogP contribution < -0.4 is 10.1 Å². The molecule has 1 heterocycles. The minimum absolute atomic E-state index is 0.124. The predicted molar refractivity (Wildman–Crippen MR) is 102 cm³/mol. The number of anilines is 1. The molecule has 8 heteroatoms. The molecule has 0 fully saturated rings. The Morgan fingerprint density at radius 3 is 2.48 bits per heavy atom. The molecule has 0 unspecified atom stereocenters. The quantitative estimate of drug-likeness (QED) is 0.705. The van der Waals surface area contributed by atoms with Gasteiger partial charge in [-0.05, 0) is 43.3 Å². The van der Waals surface area contributed by atoms with E-state index in [4.69, 9.17) is 4.74 Å². The van der Waals surface area contributed by atoms with Gasteiger partial charge in [0.15, 0.2) is 7.85 Å². The van der Waals surface area contributed by atoms with Crippen molar-refractivity contribution < 1.29 is 18.7 Å². The van der Waals surface area contributed by atoms with Gasteiger partial charge in [-0.1, -0.05) is 0 Å². The Bertz CT molecular complexity index is 1020. The number of rotatable bonds is 5. The fourth-order valence-corrected chi connectivity index (χ4v) is 2.67. The van der Waals surface area contributed by atoms with Crippen LogP contribution in [0.25, 0.3) is 5.69 Å². The van der Waals surface area contributed by atoms with Gasteiger partial charge >= 0.3 is 0 Å². The van der Waals surface area contributed by atoms with Crippen molar-refractivity contribution in [2.75, 3.05) is 12.4 Å². The summed E-state index contributed by atoms with van der Waals surface area (Å²) in [5.41, 5.74) is 2.37. The molecule has 27 heavy (non-hydrogen) atoms. The fraction of sp³-hybridized carbons (Fsp3) is 0.105. The Hall–Kier alpha value is -3.42. The van der Waals surface area contributed by atoms with Crippen LogP contribution in [0.2, 0.25) is 0 Å². The second-order valence-corrected chi connectivity index (χ2v) is 5.97. The monoisotopic (exact) mass is 365 g/mol. The van der Waals surface area contributed by atoms with Crippen molar-refractivity contribution in [3.8, 4) is 11.4 Å². The maximum Gasteiger partial charge on any atom is 0.259 e. The normalized spacial score (nSPS) is 10.5. The minimum Gasteiger partial charge on any atom is -0.496 e. The summed E-state index contributed by atoms with van der Waals surface area (Å²) in [6, 6.07) is 10.6. The van der Waals surface area contributed by atoms with Crippen molar-refractivity contribution in [1.29, 1.82) is 0 Å². The number of carbonyl (C=O) groups excluding carboxylic acids is 2. The molecule has 6 nitrogen and oxygen atoms in total. The lowest BCUT2D eigenvalue weighted by Crippen LogP contribution is -2.13. The van der Waals surface area contributed by atoms with E-state index in [2.05, 4.69) is 10.4 Å². The first-order chi connectivity index (χ1) is 12.9. The number of amides is 1. The number of hydrogen-bond acceptors (Lipinski definition) is 4. The molecule has 3 rings (SSSR count). The highest BCUT2D eigenvalue weighted by Crippen LogP contribution is 2.24. The van der Waals surface area contributed by atoms with Crippen molar-refractivity contribution >= 4 is 25.1 Å². The van der Waals surface area contributed by atoms with E-state index < -0.39 is 0 Å². The van der Waals surface area contributed by atoms with Gasteiger partial charge in [-0.25, -0.2) is 9.07 Å². The van der Waals surface area contributed by atoms with Gasteiger partial charge in [0.05, 0.1) is 24.1 Å². The van der Waals surface area contributed by atoms with Crippen LogP contribution in [-0.2, 0) is 0 Å². The minimum atomic E-state index is -0.349. The molecule has 136 valence electrons. The van der Waals surface area contributed by atoms with Crippen LogP contribution >= 0.6 is 0 Å². The molecular formula is C19H17BFN3O3. The molecule has 0 aliphatic carbocycles. The highest BCUT2D eigenvalue weighted by atomic mass is 19.1. The summed E-state index contributed by atoms with van der Waals surface area (Å²) in [4.78, 5) is 24.2. The Morgan fingerprint density at radius 1 is 1.15 bits per heavy atom. The second-order valence-electron chi connectivity index (χ2n) is 5.97. The lowest BCUT2D eigenvalue weighted by molar-refractivity contribution is 0.102. The molecule has 0 saturated heterocycles. The number of ether oxygens (including phenoxy) is 1. The molecular weight excluding hydrogens is 348 g/mol. The second kappa shape index (κ2) is 7.45. The van der Waals surface area contributed by atoms with E-state index in [1.165, 1.54) is 31.8 Å². The van der Waals surface area contributed by atoms with E-state index in [1.807, 2.05) is 0 Å². The molecule has 0 spiro atoms. The van der Waals surface area contributed by atoms with Crippen LogP contribution in [0.3, 0.4) is 0 Å². The third-order valence-electron chi connectivity index (χ3n) is 4.07. The van der Waals surface area contributed by atoms with Crippen molar-refractivity contribution in [2.24, 2.45) is 0 Å². The van der Waals surface area contributed by atoms with Crippen molar-refractivity contribution in [3.63, 3.8) is 0 Å². The summed E-state index contributed by atoms with van der Waals surface area (Å²) in [5.74, 6) is -0.305. The van der Waals surface area contributed by atoms with Gasteiger partial charge in [-0.2, -0.15) is 5.10 Å². The zero-order chi connectivity index (χ0) is 19.6. The first kappa shape index (κ1) is 18.4. The number of aromatic nitrogens is 2. The Kier molecular flexibility index (Phi) is 5.07. The third-order valence-corrected chi connectivity index (χ3v) is 4.07. The van der Waals surface area contributed by atoms with E-state index in [0.29, 0.717) is 33.9 Å². The van der Waals surface area contributed by atoms with E-state index in [9.17, 15) is 14.0 Å². The zero-order valence-electron chi connectivity index (χ0n) is 15.1. The van der Waals surface area contributed by atoms with Gasteiger partial charge in [-0.15, -0.1) is 0 Å². The largest absolute Gasteiger partial charge is 0.496 e. The smallest absolute Gasteiger partial charge is 0.259 e. The summed E-state index contributed by atoms with van der Waals surface area (Å²) in [6.45, 7) is 1.72. The maximum atomic E-state index is 13.1. The van der Waals surface area contributed by atoms with Crippen molar-refractivity contribution in [2.45, 2.75) is 6.92 Å². The molecule has 0 bridgehead atoms. The number of methoxy groups -OCH3 is 1. The standard InChI is InChI=1S/C19H17BFN3O3/c1-11-16(10-24(23-11)14-6-3-12(21)4-7-14)19(26)22-13-5-8-15(18(20)25)17(9-13)27-2/h3-10H,20H2,1-2H3,(H,22,26). The average Bonchev–Trinajstić information content (AvgIpc) is 3.03. The number of carbonyl (C=O) groups is 2. The van der Waals surface area contributed by atoms with E-state index in [-0.39, 0.29) is 17.4 Å². The van der Waals surface area contributed by atoms with Gasteiger partial charge in [-0.3, -0.25) is 4.79 Å². The van der Waals surface area contributed by atoms with E-state index in [1.54, 1.807) is 43.5 Å². The van der Waals surface area contributed by atoms with Gasteiger partial charge in [0, 0.05) is 23.5 Å². The topological polar surface area (TPSA) is 73.2 Å². The Balaban J connectivity index is 1.84. The number of hydrogen-bond donors (Lipinski definition) is 1. The number of benzene rings is 2. The third kappa shape index (κ3) is 3.89. The number of nitrogens with zero attached hydrogens (tertiary/aromatic N) is 2. The number of aryl methyl sites for hydroxylation is 1. The number of halogens is 1. The molecule has 0 atom stereocenters. The lowest BCUT2D eigenvalue weighted by Gasteiger charge is -2.10. The molecule has 1 aromatic heterocycles. The first-order valence-corrected chi connectivity index (χ1v) is 8.21. The predicted octanol–water partition coefficient (Wildman–Crippen LogP) is 2.35. The Labute approximate surface area is 156 Å². The SMILES string of the molecule is BC(=O)c1ccc(NC(=O)c2cn(-c3ccc(F)cc3)nc2C)cc1OC. The number of nitrogens with one attached hydrogen (secondary N) is 1. The van der Waals surface area contributed by atoms with Crippen LogP contribution in [0.1, 0.15) is 26.4 Å². The van der Waals surface area contributed by atoms with Crippen molar-refractivity contribution in [1.82, 2.24) is 9.78 Å². The van der Waals surface area contributed by atoms with E-state index >= 15 is 0 Å². The Morgan fingerprint density at radius 2 is 1.85 bits per heavy atom. The van der Waals surface area contributed by atoms with Crippen LogP contribution in [-0.4, -0.2) is 36.3 Å². The summed E-state index contributed by atoms with van der Waals surface area (Å²) in [7, 11) is 2.91. The highest BCUT2D eigenvalue weighted by Gasteiger charge is 2.16. The molecule has 1 amide bonds. The first-order valence-electron chi connectivity index (χ1n) is 8.21. The van der Waals surface area contributed by atoms with Crippen LogP contribution in [0.15, 0.2) is 48.7 Å². The van der Waals surface area contributed by atoms with E-state index in [0.717, 1.165) is 0 Å². The summed E-state index contributed by atoms with van der Waals surface area (Å²) in [6.07, 6.45) is 1.58.